The van der Waals surface area contributed by atoms with E-state index in [2.05, 4.69) is 159 Å². The van der Waals surface area contributed by atoms with Crippen molar-refractivity contribution in [3.05, 3.63) is 189 Å². The summed E-state index contributed by atoms with van der Waals surface area (Å²) in [6.45, 7) is 8.43. The van der Waals surface area contributed by atoms with Crippen molar-refractivity contribution >= 4 is 18.4 Å². The number of aryl methyl sites for hydroxylation is 1. The number of rotatable bonds is 6. The maximum Gasteiger partial charge on any atom is 0.0694 e. The SMILES string of the molecule is C=NC1=CC=CCC=C1/C(Cc1cccc(/C(=C2\C=CC=CC2C)c2ccccc2C)c1)=C1/C=Cc2ccccc2C1. The molecule has 3 aromatic rings. The molecule has 3 aliphatic rings. The van der Waals surface area contributed by atoms with E-state index in [1.807, 2.05) is 0 Å². The van der Waals surface area contributed by atoms with Crippen LogP contribution in [0.5, 0.6) is 0 Å². The van der Waals surface area contributed by atoms with Crippen molar-refractivity contribution in [2.45, 2.75) is 33.1 Å². The van der Waals surface area contributed by atoms with Crippen LogP contribution in [0.25, 0.3) is 11.6 Å². The molecule has 1 unspecified atom stereocenters. The monoisotopic (exact) mass is 543 g/mol. The number of allylic oxidation sites excluding steroid dienone is 12. The number of benzene rings is 3. The lowest BCUT2D eigenvalue weighted by Gasteiger charge is -2.22. The first-order valence-electron chi connectivity index (χ1n) is 14.9. The van der Waals surface area contributed by atoms with E-state index in [0.717, 1.165) is 25.0 Å². The van der Waals surface area contributed by atoms with Gasteiger partial charge in [-0.1, -0.05) is 134 Å². The van der Waals surface area contributed by atoms with Crippen LogP contribution in [0.4, 0.5) is 0 Å². The largest absolute Gasteiger partial charge is 0.264 e. The van der Waals surface area contributed by atoms with Gasteiger partial charge in [0.15, 0.2) is 0 Å². The Balaban J connectivity index is 1.48. The zero-order valence-corrected chi connectivity index (χ0v) is 24.6. The van der Waals surface area contributed by atoms with Crippen molar-refractivity contribution < 1.29 is 0 Å². The highest BCUT2D eigenvalue weighted by molar-refractivity contribution is 5.86. The highest BCUT2D eigenvalue weighted by Gasteiger charge is 2.20. The average molecular weight is 544 g/mol. The highest BCUT2D eigenvalue weighted by atomic mass is 14.7. The van der Waals surface area contributed by atoms with Crippen molar-refractivity contribution in [2.75, 3.05) is 0 Å². The van der Waals surface area contributed by atoms with Gasteiger partial charge in [0.05, 0.1) is 5.70 Å². The lowest BCUT2D eigenvalue weighted by Crippen LogP contribution is -2.07. The Bertz CT molecular complexity index is 1780. The molecule has 1 atom stereocenters. The lowest BCUT2D eigenvalue weighted by atomic mass is 9.82. The first-order chi connectivity index (χ1) is 20.6. The van der Waals surface area contributed by atoms with Crippen molar-refractivity contribution in [2.24, 2.45) is 10.9 Å². The summed E-state index contributed by atoms with van der Waals surface area (Å²) in [7, 11) is 0. The minimum atomic E-state index is 0.341. The molecule has 0 radical (unpaired) electrons. The van der Waals surface area contributed by atoms with Crippen LogP contribution in [-0.2, 0) is 12.8 Å². The van der Waals surface area contributed by atoms with Crippen LogP contribution in [0.1, 0.15) is 46.7 Å². The molecule has 0 amide bonds. The topological polar surface area (TPSA) is 12.4 Å². The van der Waals surface area contributed by atoms with E-state index in [-0.39, 0.29) is 0 Å². The summed E-state index contributed by atoms with van der Waals surface area (Å²) in [6.07, 6.45) is 24.7. The van der Waals surface area contributed by atoms with E-state index in [1.54, 1.807) is 0 Å². The number of aliphatic imine (C=N–C) groups is 1. The predicted octanol–water partition coefficient (Wildman–Crippen LogP) is 10.1. The molecule has 0 aromatic heterocycles. The first kappa shape index (κ1) is 27.4. The third-order valence-electron chi connectivity index (χ3n) is 8.48. The van der Waals surface area contributed by atoms with Crippen LogP contribution in [0, 0.1) is 12.8 Å². The molecular formula is C41H37N. The van der Waals surface area contributed by atoms with Gasteiger partial charge in [0.25, 0.3) is 0 Å². The second-order valence-electron chi connectivity index (χ2n) is 11.3. The number of nitrogens with zero attached hydrogens (tertiary/aromatic N) is 1. The fourth-order valence-corrected chi connectivity index (χ4v) is 6.26. The smallest absolute Gasteiger partial charge is 0.0694 e. The van der Waals surface area contributed by atoms with Crippen LogP contribution in [0.2, 0.25) is 0 Å². The van der Waals surface area contributed by atoms with Crippen LogP contribution in [0.3, 0.4) is 0 Å². The number of hydrogen-bond donors (Lipinski definition) is 0. The summed E-state index contributed by atoms with van der Waals surface area (Å²) in [5.41, 5.74) is 15.2. The van der Waals surface area contributed by atoms with Gasteiger partial charge in [0.2, 0.25) is 0 Å². The molecule has 0 fully saturated rings. The highest BCUT2D eigenvalue weighted by Crippen LogP contribution is 2.37. The molecule has 42 heavy (non-hydrogen) atoms. The maximum absolute atomic E-state index is 4.47. The molecule has 0 saturated heterocycles. The Hall–Kier alpha value is -4.75. The van der Waals surface area contributed by atoms with Crippen LogP contribution in [-0.4, -0.2) is 6.72 Å². The van der Waals surface area contributed by atoms with Crippen molar-refractivity contribution in [1.82, 2.24) is 0 Å². The lowest BCUT2D eigenvalue weighted by molar-refractivity contribution is 0.886. The zero-order chi connectivity index (χ0) is 28.9. The summed E-state index contributed by atoms with van der Waals surface area (Å²) >= 11 is 0. The Labute approximate surface area is 250 Å². The molecule has 0 saturated carbocycles. The summed E-state index contributed by atoms with van der Waals surface area (Å²) in [4.78, 5) is 4.47. The van der Waals surface area contributed by atoms with Gasteiger partial charge in [-0.15, -0.1) is 0 Å². The molecule has 1 heteroatoms. The van der Waals surface area contributed by atoms with E-state index in [1.165, 1.54) is 61.2 Å². The summed E-state index contributed by atoms with van der Waals surface area (Å²) in [5.74, 6) is 0.341. The third-order valence-corrected chi connectivity index (χ3v) is 8.48. The normalized spacial score (nSPS) is 19.9. The minimum Gasteiger partial charge on any atom is -0.264 e. The summed E-state index contributed by atoms with van der Waals surface area (Å²) in [5, 5.41) is 0. The van der Waals surface area contributed by atoms with Crippen LogP contribution >= 0.6 is 0 Å². The molecule has 0 N–H and O–H groups in total. The van der Waals surface area contributed by atoms with E-state index in [0.29, 0.717) is 5.92 Å². The zero-order valence-electron chi connectivity index (χ0n) is 24.6. The average Bonchev–Trinajstić information content (AvgIpc) is 3.27. The molecule has 0 heterocycles. The Morgan fingerprint density at radius 1 is 0.905 bits per heavy atom. The Kier molecular flexibility index (Phi) is 8.10. The van der Waals surface area contributed by atoms with Gasteiger partial charge in [0.1, 0.15) is 0 Å². The molecular weight excluding hydrogens is 506 g/mol. The van der Waals surface area contributed by atoms with Crippen molar-refractivity contribution in [3.8, 4) is 0 Å². The quantitative estimate of drug-likeness (QED) is 0.274. The van der Waals surface area contributed by atoms with Crippen LogP contribution in [0.15, 0.2) is 160 Å². The van der Waals surface area contributed by atoms with Gasteiger partial charge in [-0.05, 0) is 101 Å². The first-order valence-corrected chi connectivity index (χ1v) is 14.9. The molecule has 0 aliphatic heterocycles. The molecule has 0 bridgehead atoms. The van der Waals surface area contributed by atoms with Gasteiger partial charge in [-0.2, -0.15) is 0 Å². The fourth-order valence-electron chi connectivity index (χ4n) is 6.26. The second-order valence-corrected chi connectivity index (χ2v) is 11.3. The van der Waals surface area contributed by atoms with Gasteiger partial charge < -0.3 is 0 Å². The maximum atomic E-state index is 4.47. The molecule has 3 aromatic carbocycles. The number of hydrogen-bond acceptors (Lipinski definition) is 1. The van der Waals surface area contributed by atoms with E-state index < -0.39 is 0 Å². The summed E-state index contributed by atoms with van der Waals surface area (Å²) < 4.78 is 0. The standard InChI is InChI=1S/C41H37N/c1-29-14-7-11-20-36(29)41(37-21-12-8-15-30(37)2)35-19-13-16-31(26-35)27-39(38-22-5-4-6-23-40(38)42-3)34-25-24-32-17-9-10-18-33(32)28-34/h4,6-26,29H,3,5,27-28H2,1-2H3/b39-34-,41-36-. The number of fused-ring (bicyclic) bond motifs is 1. The van der Waals surface area contributed by atoms with E-state index in [9.17, 15) is 0 Å². The predicted molar refractivity (Wildman–Crippen MR) is 180 cm³/mol. The van der Waals surface area contributed by atoms with E-state index >= 15 is 0 Å². The van der Waals surface area contributed by atoms with Gasteiger partial charge in [-0.3, -0.25) is 4.99 Å². The van der Waals surface area contributed by atoms with Gasteiger partial charge in [0, 0.05) is 5.57 Å². The van der Waals surface area contributed by atoms with Gasteiger partial charge >= 0.3 is 0 Å². The summed E-state index contributed by atoms with van der Waals surface area (Å²) in [6, 6.07) is 26.6. The molecule has 1 nitrogen and oxygen atoms in total. The second kappa shape index (κ2) is 12.4. The minimum absolute atomic E-state index is 0.341. The fraction of sp³-hybridized carbons (Fsp3) is 0.146. The molecule has 3 aliphatic carbocycles. The molecule has 6 rings (SSSR count). The van der Waals surface area contributed by atoms with E-state index in [4.69, 9.17) is 0 Å². The molecule has 0 spiro atoms. The Morgan fingerprint density at radius 2 is 1.76 bits per heavy atom. The van der Waals surface area contributed by atoms with Crippen molar-refractivity contribution in [1.29, 1.82) is 0 Å². The third kappa shape index (κ3) is 5.69. The molecule has 206 valence electrons. The Morgan fingerprint density at radius 3 is 2.62 bits per heavy atom. The van der Waals surface area contributed by atoms with Gasteiger partial charge in [-0.25, -0.2) is 0 Å². The van der Waals surface area contributed by atoms with Crippen molar-refractivity contribution in [3.63, 3.8) is 0 Å². The van der Waals surface area contributed by atoms with Crippen LogP contribution < -0.4 is 0 Å².